The summed E-state index contributed by atoms with van der Waals surface area (Å²) in [6.45, 7) is 2.27. The molecule has 0 nitrogen and oxygen atoms in total. The van der Waals surface area contributed by atoms with Crippen LogP contribution in [0.1, 0.15) is 90.4 Å². The third kappa shape index (κ3) is 14.4. The highest BCUT2D eigenvalue weighted by molar-refractivity contribution is 7.89. The molecule has 0 amide bonds. The molecule has 0 aromatic heterocycles. The minimum absolute atomic E-state index is 0.00405. The number of hydrogen-bond acceptors (Lipinski definition) is 1. The van der Waals surface area contributed by atoms with E-state index >= 15 is 0 Å². The number of unbranched alkanes of at least 4 members (excludes halogenated alkanes) is 11. The van der Waals surface area contributed by atoms with E-state index in [0.717, 1.165) is 12.8 Å². The lowest BCUT2D eigenvalue weighted by Crippen LogP contribution is -2.25. The molecule has 0 rings (SSSR count). The van der Waals surface area contributed by atoms with Gasteiger partial charge in [-0.3, -0.25) is 0 Å². The van der Waals surface area contributed by atoms with E-state index in [9.17, 15) is 0 Å². The van der Waals surface area contributed by atoms with E-state index in [-0.39, 0.29) is 4.87 Å². The summed E-state index contributed by atoms with van der Waals surface area (Å²) >= 11 is 22.1. The summed E-state index contributed by atoms with van der Waals surface area (Å²) in [5.74, 6) is 0. The second kappa shape index (κ2) is 14.1. The number of thiol groups is 1. The van der Waals surface area contributed by atoms with Crippen molar-refractivity contribution in [2.24, 2.45) is 0 Å². The molecule has 0 aromatic carbocycles. The Hall–Kier alpha value is 1.44. The van der Waals surface area contributed by atoms with Crippen molar-refractivity contribution in [3.63, 3.8) is 0 Å². The molecule has 0 unspecified atom stereocenters. The Kier molecular flexibility index (Phi) is 15.1. The van der Waals surface area contributed by atoms with Crippen LogP contribution >= 0.6 is 45.9 Å². The highest BCUT2D eigenvalue weighted by Gasteiger charge is 2.33. The van der Waals surface area contributed by atoms with Crippen LogP contribution in [0, 0.1) is 0 Å². The predicted molar refractivity (Wildman–Crippen MR) is 102 cm³/mol. The van der Waals surface area contributed by atoms with E-state index in [4.69, 9.17) is 33.2 Å². The fraction of sp³-hybridized carbons (Fsp3) is 1.00. The standard InChI is InChI=1S/C15H31Cl3SSi/c1-2-3-4-5-6-7-8-9-10-11-12-13-14-15(19)20(16,17)18/h15,19H,2-14H2,1H3/t15-/m1/s1. The van der Waals surface area contributed by atoms with Crippen LogP contribution in [0.2, 0.25) is 0 Å². The van der Waals surface area contributed by atoms with Crippen LogP contribution in [0.25, 0.3) is 0 Å². The summed E-state index contributed by atoms with van der Waals surface area (Å²) in [6.07, 6.45) is 17.3. The van der Waals surface area contributed by atoms with Crippen LogP contribution in [0.3, 0.4) is 0 Å². The molecule has 0 aliphatic carbocycles. The summed E-state index contributed by atoms with van der Waals surface area (Å²) in [5.41, 5.74) is 0. The summed E-state index contributed by atoms with van der Waals surface area (Å²) in [7, 11) is 0. The molecule has 0 heterocycles. The molecule has 0 saturated carbocycles. The van der Waals surface area contributed by atoms with Gasteiger partial charge < -0.3 is 0 Å². The van der Waals surface area contributed by atoms with Gasteiger partial charge in [-0.2, -0.15) is 12.6 Å². The van der Waals surface area contributed by atoms with Crippen LogP contribution in [0.5, 0.6) is 0 Å². The van der Waals surface area contributed by atoms with Crippen molar-refractivity contribution in [2.45, 2.75) is 95.3 Å². The largest absolute Gasteiger partial charge is 0.353 e. The first kappa shape index (κ1) is 21.4. The summed E-state index contributed by atoms with van der Waals surface area (Å²) in [4.78, 5) is -0.00405. The van der Waals surface area contributed by atoms with E-state index in [2.05, 4.69) is 19.6 Å². The fourth-order valence-electron chi connectivity index (χ4n) is 2.34. The average molecular weight is 378 g/mol. The van der Waals surface area contributed by atoms with Gasteiger partial charge in [0.25, 0.3) is 0 Å². The Morgan fingerprint density at radius 3 is 1.40 bits per heavy atom. The van der Waals surface area contributed by atoms with Gasteiger partial charge in [-0.25, -0.2) is 0 Å². The van der Waals surface area contributed by atoms with Gasteiger partial charge in [0, 0.05) is 4.87 Å². The van der Waals surface area contributed by atoms with Crippen molar-refractivity contribution in [1.82, 2.24) is 0 Å². The number of halogens is 3. The van der Waals surface area contributed by atoms with E-state index in [0.29, 0.717) is 0 Å². The van der Waals surface area contributed by atoms with E-state index < -0.39 is 6.00 Å². The first-order valence-corrected chi connectivity index (χ1v) is 13.9. The highest BCUT2D eigenvalue weighted by atomic mass is 35.8. The maximum atomic E-state index is 5.92. The quantitative estimate of drug-likeness (QED) is 0.137. The van der Waals surface area contributed by atoms with Gasteiger partial charge in [0.1, 0.15) is 0 Å². The summed E-state index contributed by atoms with van der Waals surface area (Å²) in [5, 5.41) is 0. The third-order valence-electron chi connectivity index (χ3n) is 3.71. The Morgan fingerprint density at radius 1 is 0.700 bits per heavy atom. The lowest BCUT2D eigenvalue weighted by atomic mass is 10.0. The number of rotatable bonds is 14. The Balaban J connectivity index is 3.14. The van der Waals surface area contributed by atoms with Crippen LogP contribution in [-0.4, -0.2) is 10.9 Å². The zero-order valence-corrected chi connectivity index (χ0v) is 17.0. The molecule has 122 valence electrons. The van der Waals surface area contributed by atoms with Gasteiger partial charge in [0.2, 0.25) is 0 Å². The molecule has 0 spiro atoms. The summed E-state index contributed by atoms with van der Waals surface area (Å²) < 4.78 is 0. The molecule has 20 heavy (non-hydrogen) atoms. The van der Waals surface area contributed by atoms with Crippen LogP contribution in [0.15, 0.2) is 0 Å². The fourth-order valence-corrected chi connectivity index (χ4v) is 4.04. The van der Waals surface area contributed by atoms with Crippen molar-refractivity contribution in [2.75, 3.05) is 0 Å². The van der Waals surface area contributed by atoms with Crippen molar-refractivity contribution >= 4 is 51.9 Å². The lowest BCUT2D eigenvalue weighted by molar-refractivity contribution is 0.542. The molecule has 5 heteroatoms. The van der Waals surface area contributed by atoms with E-state index in [1.807, 2.05) is 0 Å². The molecule has 0 N–H and O–H groups in total. The maximum absolute atomic E-state index is 5.92. The second-order valence-corrected chi connectivity index (χ2v) is 15.7. The monoisotopic (exact) mass is 376 g/mol. The van der Waals surface area contributed by atoms with Crippen LogP contribution in [0.4, 0.5) is 0 Å². The van der Waals surface area contributed by atoms with Crippen LogP contribution in [-0.2, 0) is 0 Å². The van der Waals surface area contributed by atoms with Crippen molar-refractivity contribution < 1.29 is 0 Å². The molecule has 0 aliphatic rings. The topological polar surface area (TPSA) is 0 Å². The molecule has 0 saturated heterocycles. The molecule has 0 aromatic rings. The van der Waals surface area contributed by atoms with Gasteiger partial charge in [-0.15, -0.1) is 33.2 Å². The Labute approximate surface area is 146 Å². The van der Waals surface area contributed by atoms with Crippen molar-refractivity contribution in [3.8, 4) is 0 Å². The second-order valence-electron chi connectivity index (χ2n) is 5.74. The van der Waals surface area contributed by atoms with Crippen molar-refractivity contribution in [3.05, 3.63) is 0 Å². The van der Waals surface area contributed by atoms with Crippen molar-refractivity contribution in [1.29, 1.82) is 0 Å². The SMILES string of the molecule is CCCCCCCCCCCCCC[C@H](S)[Si](Cl)(Cl)Cl. The smallest absolute Gasteiger partial charge is 0.175 e. The highest BCUT2D eigenvalue weighted by Crippen LogP contribution is 2.31. The zero-order chi connectivity index (χ0) is 15.3. The summed E-state index contributed by atoms with van der Waals surface area (Å²) in [6, 6.07) is -2.58. The van der Waals surface area contributed by atoms with Gasteiger partial charge in [-0.05, 0) is 6.42 Å². The van der Waals surface area contributed by atoms with Gasteiger partial charge >= 0.3 is 6.00 Å². The van der Waals surface area contributed by atoms with Gasteiger partial charge in [0.15, 0.2) is 0 Å². The Morgan fingerprint density at radius 2 is 1.05 bits per heavy atom. The molecule has 0 fully saturated rings. The lowest BCUT2D eigenvalue weighted by Gasteiger charge is -2.15. The normalized spacial score (nSPS) is 13.7. The first-order chi connectivity index (χ1) is 9.48. The average Bonchev–Trinajstić information content (AvgIpc) is 2.38. The van der Waals surface area contributed by atoms with Crippen LogP contribution < -0.4 is 0 Å². The molecule has 0 bridgehead atoms. The van der Waals surface area contributed by atoms with E-state index in [1.165, 1.54) is 70.6 Å². The maximum Gasteiger partial charge on any atom is 0.353 e. The Bertz CT molecular complexity index is 210. The number of hydrogen-bond donors (Lipinski definition) is 1. The molecule has 0 radical (unpaired) electrons. The minimum Gasteiger partial charge on any atom is -0.175 e. The molecular formula is C15H31Cl3SSi. The molecular weight excluding hydrogens is 347 g/mol. The molecule has 0 aliphatic heterocycles. The molecule has 1 atom stereocenters. The van der Waals surface area contributed by atoms with Gasteiger partial charge in [0.05, 0.1) is 0 Å². The first-order valence-electron chi connectivity index (χ1n) is 8.23. The zero-order valence-electron chi connectivity index (χ0n) is 12.9. The van der Waals surface area contributed by atoms with E-state index in [1.54, 1.807) is 0 Å². The predicted octanol–water partition coefficient (Wildman–Crippen LogP) is 7.57. The minimum atomic E-state index is -2.58. The third-order valence-corrected chi connectivity index (χ3v) is 9.91. The van der Waals surface area contributed by atoms with Gasteiger partial charge in [-0.1, -0.05) is 84.0 Å².